The summed E-state index contributed by atoms with van der Waals surface area (Å²) in [6.45, 7) is 0. The van der Waals surface area contributed by atoms with Crippen LogP contribution in [0.2, 0.25) is 0 Å². The van der Waals surface area contributed by atoms with Gasteiger partial charge in [-0.15, -0.1) is 0 Å². The molecule has 0 unspecified atom stereocenters. The molecular formula is C54H39ClNa9O27P3RhS9+2. The van der Waals surface area contributed by atoms with Gasteiger partial charge in [0.2, 0.25) is 0 Å². The molecule has 0 saturated carbocycles. The van der Waals surface area contributed by atoms with E-state index in [0.29, 0.717) is 47.7 Å². The predicted octanol–water partition coefficient (Wildman–Crippen LogP) is -30.3. The van der Waals surface area contributed by atoms with Gasteiger partial charge in [-0.1, -0.05) is 0 Å². The molecule has 9 rings (SSSR count). The van der Waals surface area contributed by atoms with Crippen molar-refractivity contribution in [2.45, 2.75) is 44.1 Å². The van der Waals surface area contributed by atoms with Gasteiger partial charge >= 0.3 is 266 Å². The molecular weight excluding hydrogens is 1810 g/mol. The first-order valence-corrected chi connectivity index (χ1v) is 42.2. The molecule has 0 fully saturated rings. The summed E-state index contributed by atoms with van der Waals surface area (Å²) in [7, 11) is -47.8. The third-order valence-corrected chi connectivity index (χ3v) is 28.7. The van der Waals surface area contributed by atoms with E-state index >= 15 is 0 Å². The van der Waals surface area contributed by atoms with Crippen LogP contribution in [-0.4, -0.2) is 117 Å². The average Bonchev–Trinajstić information content (AvgIpc) is 0.800. The number of rotatable bonds is 18. The van der Waals surface area contributed by atoms with Crippen LogP contribution in [0.25, 0.3) is 0 Å². The summed E-state index contributed by atoms with van der Waals surface area (Å²) in [4.78, 5) is -3.89. The summed E-state index contributed by atoms with van der Waals surface area (Å²) < 4.78 is 302. The molecule has 0 amide bonds. The largest absolute Gasteiger partial charge is 1.00 e. The van der Waals surface area contributed by atoms with Crippen molar-refractivity contribution in [2.75, 3.05) is 0 Å². The first-order valence-electron chi connectivity index (χ1n) is 25.0. The van der Waals surface area contributed by atoms with Crippen LogP contribution in [0.15, 0.2) is 262 Å². The Hall–Kier alpha value is 3.37. The summed E-state index contributed by atoms with van der Waals surface area (Å²) in [5.41, 5.74) is 0. The van der Waals surface area contributed by atoms with Crippen molar-refractivity contribution >= 4 is 163 Å². The molecule has 0 aliphatic rings. The Morgan fingerprint density at radius 2 is 0.212 bits per heavy atom. The van der Waals surface area contributed by atoms with Crippen LogP contribution in [-0.2, 0) is 111 Å². The molecule has 0 saturated heterocycles. The van der Waals surface area contributed by atoms with E-state index in [9.17, 15) is 117 Å². The van der Waals surface area contributed by atoms with Gasteiger partial charge in [0.05, 0.1) is 67.8 Å². The zero-order valence-electron chi connectivity index (χ0n) is 55.7. The van der Waals surface area contributed by atoms with Crippen molar-refractivity contribution < 1.29 is 415 Å². The topological polar surface area (TPSA) is 515 Å². The molecule has 0 N–H and O–H groups in total. The maximum Gasteiger partial charge on any atom is 1.00 e. The standard InChI is InChI=1S/3C18H15O9PS3.ClH.9Na.Rh/c3*19-29(20,21)16-7-1-13(2-8-16)28(14-3-9-17(10-4-14)30(22,23)24)15-5-11-18(12-6-15)31(25,26)27;;;;;;;;;;;/h3*1-12H,(H,19,20,21)(H,22,23,24)(H,25,26,27);1H;;;;;;;;;;/q;;;;9*+1;/p-7. The SMILES string of the molecule is O=S(=O)([O-])c1ccc([PH+](c2ccc(S(=O)(=O)[O-])cc2)c2ccc(S(=O)(=O)[O-])cc2)cc1.O=S(=O)([O-])c1ccc([PH+](c2ccc(S(=O)(=O)[O-])cc2)c2ccc(S(=O)(=O)[O-])cc2)cc1.O=S(=O)([O-])c1ccc([PH+](c2ccc(S(=O)(=O)[O-])cc2)c2ccc(S(=O)(=O)[O-])cc2)cc1.[Cl-].[Na+].[Na+].[Na+].[Na+].[Na+].[Na+].[Na+].[Na+].[Na+].[Rh]. The molecule has 0 atom stereocenters. The molecule has 0 aliphatic heterocycles. The molecule has 0 heterocycles. The van der Waals surface area contributed by atoms with E-state index in [-0.39, 0.29) is 298 Å². The maximum absolute atomic E-state index is 11.2. The monoisotopic (exact) mass is 1840 g/mol. The molecule has 0 aliphatic carbocycles. The van der Waals surface area contributed by atoms with Crippen LogP contribution in [0, 0.1) is 0 Å². The van der Waals surface area contributed by atoms with Gasteiger partial charge in [-0.2, -0.15) is 0 Å². The minimum absolute atomic E-state index is 0. The van der Waals surface area contributed by atoms with Gasteiger partial charge in [0.1, 0.15) is 139 Å². The van der Waals surface area contributed by atoms with Crippen molar-refractivity contribution in [1.82, 2.24) is 0 Å². The van der Waals surface area contributed by atoms with Crippen molar-refractivity contribution in [3.63, 3.8) is 0 Å². The summed E-state index contributed by atoms with van der Waals surface area (Å²) in [5.74, 6) is 0. The fraction of sp³-hybridized carbons (Fsp3) is 0. The van der Waals surface area contributed by atoms with Crippen LogP contribution in [0.3, 0.4) is 0 Å². The normalized spacial score (nSPS) is 11.4. The zero-order chi connectivity index (χ0) is 69.1. The van der Waals surface area contributed by atoms with Gasteiger partial charge in [0, 0.05) is 19.5 Å². The Labute approximate surface area is 824 Å². The van der Waals surface area contributed by atoms with Gasteiger partial charge in [0.25, 0.3) is 0 Å². The van der Waals surface area contributed by atoms with Gasteiger partial charge in [-0.3, -0.25) is 0 Å². The second-order valence-corrected chi connectivity index (χ2v) is 38.8. The molecule has 27 nitrogen and oxygen atoms in total. The molecule has 0 bridgehead atoms. The Morgan fingerprint density at radius 3 is 0.260 bits per heavy atom. The average molecular weight is 1850 g/mol. The second-order valence-electron chi connectivity index (χ2n) is 18.9. The van der Waals surface area contributed by atoms with Gasteiger partial charge in [0.15, 0.2) is 0 Å². The Balaban J connectivity index is -0.000000448. The molecule has 104 heavy (non-hydrogen) atoms. The second kappa shape index (κ2) is 48.3. The van der Waals surface area contributed by atoms with Crippen molar-refractivity contribution in [3.05, 3.63) is 218 Å². The minimum atomic E-state index is -4.66. The Morgan fingerprint density at radius 1 is 0.154 bits per heavy atom. The van der Waals surface area contributed by atoms with E-state index in [1.807, 2.05) is 0 Å². The van der Waals surface area contributed by atoms with E-state index in [1.54, 1.807) is 0 Å². The van der Waals surface area contributed by atoms with Crippen molar-refractivity contribution in [2.24, 2.45) is 0 Å². The third-order valence-electron chi connectivity index (χ3n) is 12.9. The van der Waals surface area contributed by atoms with Gasteiger partial charge in [-0.05, 0) is 218 Å². The number of benzene rings is 9. The summed E-state index contributed by atoms with van der Waals surface area (Å²) in [5, 5.41) is 5.32. The Bertz CT molecular complexity index is 4300. The van der Waals surface area contributed by atoms with Gasteiger partial charge in [-0.25, -0.2) is 75.8 Å². The Kier molecular flexibility index (Phi) is 53.8. The fourth-order valence-corrected chi connectivity index (χ4v) is 20.3. The summed E-state index contributed by atoms with van der Waals surface area (Å²) in [6, 6.07) is 46.1. The maximum atomic E-state index is 11.2. The molecule has 50 heteroatoms. The minimum Gasteiger partial charge on any atom is -1.00 e. The van der Waals surface area contributed by atoms with E-state index in [0.717, 1.165) is 109 Å². The summed E-state index contributed by atoms with van der Waals surface area (Å²) >= 11 is 0. The molecule has 0 spiro atoms. The van der Waals surface area contributed by atoms with E-state index in [2.05, 4.69) is 0 Å². The zero-order valence-corrected chi connectivity index (χ0v) is 86.4. The molecule has 1 radical (unpaired) electrons. The van der Waals surface area contributed by atoms with Crippen LogP contribution >= 0.6 is 23.8 Å². The third kappa shape index (κ3) is 34.1. The smallest absolute Gasteiger partial charge is 1.00 e. The number of halogens is 1. The number of hydrogen-bond donors (Lipinski definition) is 0. The molecule has 9 aromatic carbocycles. The van der Waals surface area contributed by atoms with Crippen LogP contribution in [0.4, 0.5) is 0 Å². The first-order chi connectivity index (χ1) is 42.8. The fourth-order valence-electron chi connectivity index (χ4n) is 8.59. The van der Waals surface area contributed by atoms with E-state index in [1.165, 1.54) is 109 Å². The van der Waals surface area contributed by atoms with Gasteiger partial charge < -0.3 is 53.4 Å². The van der Waals surface area contributed by atoms with Crippen LogP contribution in [0.5, 0.6) is 0 Å². The molecule has 509 valence electrons. The molecule has 9 aromatic rings. The van der Waals surface area contributed by atoms with Crippen LogP contribution < -0.4 is 326 Å². The number of hydrogen-bond acceptors (Lipinski definition) is 27. The van der Waals surface area contributed by atoms with Crippen molar-refractivity contribution in [3.8, 4) is 0 Å². The van der Waals surface area contributed by atoms with E-state index in [4.69, 9.17) is 0 Å². The first kappa shape index (κ1) is 116. The van der Waals surface area contributed by atoms with Crippen molar-refractivity contribution in [1.29, 1.82) is 0 Å². The van der Waals surface area contributed by atoms with E-state index < -0.39 is 159 Å². The predicted molar refractivity (Wildman–Crippen MR) is 331 cm³/mol. The quantitative estimate of drug-likeness (QED) is 0.0437. The molecule has 0 aromatic heterocycles. The summed E-state index contributed by atoms with van der Waals surface area (Å²) in [6.07, 6.45) is 0. The van der Waals surface area contributed by atoms with Crippen LogP contribution in [0.1, 0.15) is 0 Å².